The van der Waals surface area contributed by atoms with Crippen LogP contribution in [0.2, 0.25) is 0 Å². The number of fused-ring (bicyclic) bond motifs is 2. The monoisotopic (exact) mass is 804 g/mol. The van der Waals surface area contributed by atoms with Crippen molar-refractivity contribution in [3.63, 3.8) is 0 Å². The number of ether oxygens (including phenoxy) is 2. The predicted octanol–water partition coefficient (Wildman–Crippen LogP) is 16.1. The van der Waals surface area contributed by atoms with Gasteiger partial charge in [0, 0.05) is 34.1 Å². The Morgan fingerprint density at radius 3 is 0.968 bits per heavy atom. The van der Waals surface area contributed by atoms with Gasteiger partial charge in [0.1, 0.15) is 11.5 Å². The van der Waals surface area contributed by atoms with Crippen LogP contribution in [-0.4, -0.2) is 13.2 Å². The molecule has 0 fully saturated rings. The summed E-state index contributed by atoms with van der Waals surface area (Å²) < 4.78 is 11.4. The van der Waals surface area contributed by atoms with Gasteiger partial charge in [0.25, 0.3) is 0 Å². The molecule has 9 aromatic rings. The van der Waals surface area contributed by atoms with E-state index in [1.54, 1.807) is 0 Å². The number of anilines is 6. The van der Waals surface area contributed by atoms with Crippen LogP contribution >= 0.6 is 0 Å². The van der Waals surface area contributed by atoms with Gasteiger partial charge in [0.15, 0.2) is 0 Å². The van der Waals surface area contributed by atoms with Crippen molar-refractivity contribution in [2.45, 2.75) is 13.8 Å². The minimum atomic E-state index is 0.647. The zero-order valence-electron chi connectivity index (χ0n) is 35.1. The van der Waals surface area contributed by atoms with Crippen LogP contribution in [0.4, 0.5) is 34.1 Å². The van der Waals surface area contributed by atoms with Crippen LogP contribution < -0.4 is 19.3 Å². The lowest BCUT2D eigenvalue weighted by molar-refractivity contribution is 0.340. The lowest BCUT2D eigenvalue weighted by Crippen LogP contribution is -2.09. The Hall–Kier alpha value is -7.82. The number of hydrogen-bond donors (Lipinski definition) is 0. The van der Waals surface area contributed by atoms with E-state index in [0.29, 0.717) is 13.2 Å². The van der Waals surface area contributed by atoms with Crippen LogP contribution in [-0.2, 0) is 0 Å². The van der Waals surface area contributed by atoms with E-state index in [1.165, 1.54) is 21.5 Å². The quantitative estimate of drug-likeness (QED) is 0.0807. The van der Waals surface area contributed by atoms with Gasteiger partial charge in [-0.1, -0.05) is 109 Å². The molecule has 0 amide bonds. The SMILES string of the molecule is CCOc1ccc(N(c2ccccc2)c2ccc(/C=C\c3ccc4cc5cc(/C=C\c6ccc(N(c7ccccc7)c7ccc(OCC)cc7)cc6)ccc5cc4c3)cc2)cc1. The molecule has 0 N–H and O–H groups in total. The van der Waals surface area contributed by atoms with Crippen molar-refractivity contribution < 1.29 is 9.47 Å². The molecule has 0 atom stereocenters. The maximum absolute atomic E-state index is 5.70. The van der Waals surface area contributed by atoms with Crippen molar-refractivity contribution in [1.82, 2.24) is 0 Å². The molecule has 0 heterocycles. The summed E-state index contributed by atoms with van der Waals surface area (Å²) in [6, 6.07) is 72.9. The van der Waals surface area contributed by atoms with Gasteiger partial charge in [-0.05, 0) is 179 Å². The van der Waals surface area contributed by atoms with Crippen molar-refractivity contribution in [2.24, 2.45) is 0 Å². The predicted molar refractivity (Wildman–Crippen MR) is 264 cm³/mol. The van der Waals surface area contributed by atoms with Gasteiger partial charge in [-0.15, -0.1) is 0 Å². The van der Waals surface area contributed by atoms with Crippen molar-refractivity contribution in [1.29, 1.82) is 0 Å². The Morgan fingerprint density at radius 1 is 0.306 bits per heavy atom. The molecular weight excluding hydrogens is 757 g/mol. The summed E-state index contributed by atoms with van der Waals surface area (Å²) in [5.41, 5.74) is 11.2. The minimum absolute atomic E-state index is 0.647. The molecule has 0 saturated carbocycles. The average Bonchev–Trinajstić information content (AvgIpc) is 3.32. The molecule has 62 heavy (non-hydrogen) atoms. The second-order valence-corrected chi connectivity index (χ2v) is 15.1. The molecule has 4 heteroatoms. The van der Waals surface area contributed by atoms with Crippen LogP contribution in [0, 0.1) is 0 Å². The molecule has 0 saturated heterocycles. The standard InChI is InChI=1S/C58H48N2O2/c1-3-61-57-35-31-55(32-36-57)59(51-11-7-5-8-12-51)53-27-21-43(22-28-53)15-17-45-19-25-47-42-50-40-46(20-26-48(50)41-49(47)39-45)18-16-44-23-29-54(30-24-44)60(52-13-9-6-10-14-52)56-33-37-58(38-34-56)62-4-2/h5-42H,3-4H2,1-2H3/b17-15-,18-16-. The van der Waals surface area contributed by atoms with Gasteiger partial charge < -0.3 is 19.3 Å². The van der Waals surface area contributed by atoms with Gasteiger partial charge in [-0.25, -0.2) is 0 Å². The summed E-state index contributed by atoms with van der Waals surface area (Å²) >= 11 is 0. The highest BCUT2D eigenvalue weighted by molar-refractivity contribution is 6.00. The first-order valence-corrected chi connectivity index (χ1v) is 21.3. The van der Waals surface area contributed by atoms with Crippen molar-refractivity contribution in [2.75, 3.05) is 23.0 Å². The van der Waals surface area contributed by atoms with Gasteiger partial charge in [-0.3, -0.25) is 0 Å². The molecule has 0 aliphatic heterocycles. The lowest BCUT2D eigenvalue weighted by atomic mass is 9.99. The van der Waals surface area contributed by atoms with Crippen LogP contribution in [0.3, 0.4) is 0 Å². The Labute approximate surface area is 364 Å². The molecule has 0 aliphatic carbocycles. The number of rotatable bonds is 14. The topological polar surface area (TPSA) is 24.9 Å². The average molecular weight is 805 g/mol. The highest BCUT2D eigenvalue weighted by atomic mass is 16.5. The Balaban J connectivity index is 0.891. The van der Waals surface area contributed by atoms with E-state index in [0.717, 1.165) is 67.9 Å². The molecule has 0 spiro atoms. The third kappa shape index (κ3) is 9.16. The van der Waals surface area contributed by atoms with E-state index in [2.05, 4.69) is 204 Å². The minimum Gasteiger partial charge on any atom is -0.494 e. The van der Waals surface area contributed by atoms with Crippen molar-refractivity contribution >= 4 is 80.0 Å². The number of nitrogens with zero attached hydrogens (tertiary/aromatic N) is 2. The zero-order chi connectivity index (χ0) is 42.1. The Kier molecular flexibility index (Phi) is 11.9. The first-order chi connectivity index (χ1) is 30.6. The molecule has 302 valence electrons. The van der Waals surface area contributed by atoms with Gasteiger partial charge >= 0.3 is 0 Å². The maximum Gasteiger partial charge on any atom is 0.119 e. The van der Waals surface area contributed by atoms with E-state index < -0.39 is 0 Å². The van der Waals surface area contributed by atoms with Gasteiger partial charge in [-0.2, -0.15) is 0 Å². The summed E-state index contributed by atoms with van der Waals surface area (Å²) in [5, 5.41) is 4.90. The van der Waals surface area contributed by atoms with E-state index in [1.807, 2.05) is 50.2 Å². The number of benzene rings is 9. The summed E-state index contributed by atoms with van der Waals surface area (Å²) in [5.74, 6) is 1.74. The van der Waals surface area contributed by atoms with Gasteiger partial charge in [0.05, 0.1) is 13.2 Å². The fourth-order valence-electron chi connectivity index (χ4n) is 7.86. The van der Waals surface area contributed by atoms with E-state index >= 15 is 0 Å². The van der Waals surface area contributed by atoms with Gasteiger partial charge in [0.2, 0.25) is 0 Å². The first-order valence-electron chi connectivity index (χ1n) is 21.3. The largest absolute Gasteiger partial charge is 0.494 e. The number of para-hydroxylation sites is 2. The van der Waals surface area contributed by atoms with Crippen LogP contribution in [0.1, 0.15) is 36.1 Å². The highest BCUT2D eigenvalue weighted by Gasteiger charge is 2.14. The summed E-state index contributed by atoms with van der Waals surface area (Å²) in [6.07, 6.45) is 8.76. The molecule has 9 aromatic carbocycles. The normalized spacial score (nSPS) is 11.4. The highest BCUT2D eigenvalue weighted by Crippen LogP contribution is 2.37. The van der Waals surface area contributed by atoms with E-state index in [-0.39, 0.29) is 0 Å². The summed E-state index contributed by atoms with van der Waals surface area (Å²) in [4.78, 5) is 4.53. The molecular formula is C58H48N2O2. The fourth-order valence-corrected chi connectivity index (χ4v) is 7.86. The number of hydrogen-bond acceptors (Lipinski definition) is 4. The lowest BCUT2D eigenvalue weighted by Gasteiger charge is -2.25. The molecule has 0 bridgehead atoms. The third-order valence-corrected chi connectivity index (χ3v) is 10.9. The Morgan fingerprint density at radius 2 is 0.613 bits per heavy atom. The Bertz CT molecular complexity index is 2730. The second-order valence-electron chi connectivity index (χ2n) is 15.1. The molecule has 0 aliphatic rings. The molecule has 4 nitrogen and oxygen atoms in total. The third-order valence-electron chi connectivity index (χ3n) is 10.9. The fraction of sp³-hybridized carbons (Fsp3) is 0.0690. The maximum atomic E-state index is 5.70. The smallest absolute Gasteiger partial charge is 0.119 e. The molecule has 0 aromatic heterocycles. The molecule has 9 rings (SSSR count). The van der Waals surface area contributed by atoms with E-state index in [4.69, 9.17) is 9.47 Å². The molecule has 0 radical (unpaired) electrons. The van der Waals surface area contributed by atoms with Crippen LogP contribution in [0.15, 0.2) is 206 Å². The summed E-state index contributed by atoms with van der Waals surface area (Å²) in [6.45, 7) is 5.30. The van der Waals surface area contributed by atoms with Crippen molar-refractivity contribution in [3.05, 3.63) is 229 Å². The molecule has 0 unspecified atom stereocenters. The summed E-state index contributed by atoms with van der Waals surface area (Å²) in [7, 11) is 0. The first kappa shape index (κ1) is 39.6. The van der Waals surface area contributed by atoms with Crippen LogP contribution in [0.25, 0.3) is 45.8 Å². The van der Waals surface area contributed by atoms with E-state index in [9.17, 15) is 0 Å². The second kappa shape index (κ2) is 18.6. The van der Waals surface area contributed by atoms with Crippen molar-refractivity contribution in [3.8, 4) is 11.5 Å². The zero-order valence-corrected chi connectivity index (χ0v) is 35.1. The van der Waals surface area contributed by atoms with Crippen LogP contribution in [0.5, 0.6) is 11.5 Å².